The summed E-state index contributed by atoms with van der Waals surface area (Å²) in [6.07, 6.45) is -1.16. The molecule has 23 heavy (non-hydrogen) atoms. The van der Waals surface area contributed by atoms with E-state index in [1.165, 1.54) is 7.05 Å². The first-order valence-corrected chi connectivity index (χ1v) is 7.59. The fraction of sp³-hybridized carbons (Fsp3) is 0.529. The van der Waals surface area contributed by atoms with Crippen molar-refractivity contribution in [3.63, 3.8) is 0 Å². The lowest BCUT2D eigenvalue weighted by Crippen LogP contribution is -2.53. The van der Waals surface area contributed by atoms with E-state index in [2.05, 4.69) is 10.6 Å². The molecule has 0 saturated heterocycles. The second kappa shape index (κ2) is 8.53. The molecule has 0 aliphatic carbocycles. The second-order valence-electron chi connectivity index (χ2n) is 6.24. The molecule has 6 heteroatoms. The van der Waals surface area contributed by atoms with Crippen LogP contribution in [0.25, 0.3) is 0 Å². The summed E-state index contributed by atoms with van der Waals surface area (Å²) in [6.45, 7) is 7.37. The zero-order chi connectivity index (χ0) is 17.5. The molecule has 128 valence electrons. The van der Waals surface area contributed by atoms with Crippen LogP contribution in [0, 0.1) is 0 Å². The quantitative estimate of drug-likeness (QED) is 0.842. The summed E-state index contributed by atoms with van der Waals surface area (Å²) in [5.74, 6) is -0.337. The molecular weight excluding hydrogens is 296 g/mol. The van der Waals surface area contributed by atoms with Crippen molar-refractivity contribution < 1.29 is 19.1 Å². The van der Waals surface area contributed by atoms with E-state index in [0.29, 0.717) is 6.61 Å². The summed E-state index contributed by atoms with van der Waals surface area (Å²) in [5, 5.41) is 5.09. The van der Waals surface area contributed by atoms with E-state index in [-0.39, 0.29) is 5.91 Å². The minimum absolute atomic E-state index is 0.337. The van der Waals surface area contributed by atoms with E-state index >= 15 is 0 Å². The van der Waals surface area contributed by atoms with Crippen LogP contribution < -0.4 is 10.6 Å². The number of rotatable bonds is 6. The Balaban J connectivity index is 2.65. The van der Waals surface area contributed by atoms with Gasteiger partial charge in [-0.2, -0.15) is 0 Å². The van der Waals surface area contributed by atoms with Crippen LogP contribution in [0.2, 0.25) is 0 Å². The fourth-order valence-electron chi connectivity index (χ4n) is 1.88. The maximum Gasteiger partial charge on any atom is 0.408 e. The Morgan fingerprint density at radius 3 is 2.30 bits per heavy atom. The van der Waals surface area contributed by atoms with Gasteiger partial charge in [0.05, 0.1) is 12.7 Å². The summed E-state index contributed by atoms with van der Waals surface area (Å²) in [7, 11) is 1.51. The monoisotopic (exact) mass is 322 g/mol. The van der Waals surface area contributed by atoms with Crippen molar-refractivity contribution in [3.8, 4) is 0 Å². The first-order chi connectivity index (χ1) is 10.7. The minimum atomic E-state index is -0.835. The lowest BCUT2D eigenvalue weighted by molar-refractivity contribution is -0.126. The Labute approximate surface area is 137 Å². The van der Waals surface area contributed by atoms with Crippen molar-refractivity contribution in [1.82, 2.24) is 10.6 Å². The fourth-order valence-corrected chi connectivity index (χ4v) is 1.88. The number of carbonyl (C=O) groups excluding carboxylic acids is 2. The van der Waals surface area contributed by atoms with E-state index in [0.717, 1.165) is 5.56 Å². The number of likely N-dealkylation sites (N-methyl/N-ethyl adjacent to an activating group) is 1. The van der Waals surface area contributed by atoms with Crippen LogP contribution >= 0.6 is 0 Å². The van der Waals surface area contributed by atoms with Gasteiger partial charge in [-0.25, -0.2) is 4.79 Å². The normalized spacial score (nSPS) is 13.8. The molecule has 0 radical (unpaired) electrons. The molecule has 0 spiro atoms. The van der Waals surface area contributed by atoms with Crippen LogP contribution in [0.5, 0.6) is 0 Å². The lowest BCUT2D eigenvalue weighted by Gasteiger charge is -2.26. The molecule has 1 aromatic rings. The van der Waals surface area contributed by atoms with Gasteiger partial charge in [0, 0.05) is 7.05 Å². The summed E-state index contributed by atoms with van der Waals surface area (Å²) < 4.78 is 10.9. The Hall–Kier alpha value is -2.08. The Bertz CT molecular complexity index is 511. The van der Waals surface area contributed by atoms with Crippen molar-refractivity contribution >= 4 is 12.0 Å². The van der Waals surface area contributed by atoms with E-state index in [1.54, 1.807) is 27.7 Å². The van der Waals surface area contributed by atoms with Gasteiger partial charge >= 0.3 is 6.09 Å². The SMILES string of the molecule is CNC(=O)[C@H](NC(=O)OC(C)(C)C)[C@@H](C)OCc1ccccc1. The number of benzene rings is 1. The van der Waals surface area contributed by atoms with Gasteiger partial charge in [0.2, 0.25) is 5.91 Å². The van der Waals surface area contributed by atoms with E-state index in [9.17, 15) is 9.59 Å². The summed E-state index contributed by atoms with van der Waals surface area (Å²) in [6, 6.07) is 8.78. The molecule has 0 aliphatic rings. The maximum atomic E-state index is 12.0. The van der Waals surface area contributed by atoms with Gasteiger partial charge < -0.3 is 20.1 Å². The largest absolute Gasteiger partial charge is 0.444 e. The van der Waals surface area contributed by atoms with E-state index in [1.807, 2.05) is 30.3 Å². The molecule has 0 aliphatic heterocycles. The molecule has 0 bridgehead atoms. The summed E-state index contributed by atoms with van der Waals surface area (Å²) in [5.41, 5.74) is 0.359. The zero-order valence-corrected chi connectivity index (χ0v) is 14.4. The van der Waals surface area contributed by atoms with Gasteiger partial charge in [-0.1, -0.05) is 30.3 Å². The smallest absolute Gasteiger partial charge is 0.408 e. The van der Waals surface area contributed by atoms with Crippen molar-refractivity contribution in [2.45, 2.75) is 52.0 Å². The number of ether oxygens (including phenoxy) is 2. The molecule has 1 rings (SSSR count). The van der Waals surface area contributed by atoms with Crippen molar-refractivity contribution in [1.29, 1.82) is 0 Å². The number of amides is 2. The highest BCUT2D eigenvalue weighted by atomic mass is 16.6. The van der Waals surface area contributed by atoms with Gasteiger partial charge in [0.15, 0.2) is 0 Å². The third kappa shape index (κ3) is 7.15. The molecule has 2 N–H and O–H groups in total. The summed E-state index contributed by atoms with van der Waals surface area (Å²) in [4.78, 5) is 23.9. The van der Waals surface area contributed by atoms with Gasteiger partial charge in [-0.15, -0.1) is 0 Å². The highest BCUT2D eigenvalue weighted by Gasteiger charge is 2.29. The maximum absolute atomic E-state index is 12.0. The standard InChI is InChI=1S/C17H26N2O4/c1-12(22-11-13-9-7-6-8-10-13)14(15(20)18-5)19-16(21)23-17(2,3)4/h6-10,12,14H,11H2,1-5H3,(H,18,20)(H,19,21)/t12-,14-/m1/s1. The zero-order valence-electron chi connectivity index (χ0n) is 14.4. The average Bonchev–Trinajstić information content (AvgIpc) is 2.49. The molecule has 2 atom stereocenters. The minimum Gasteiger partial charge on any atom is -0.444 e. The lowest BCUT2D eigenvalue weighted by atomic mass is 10.1. The molecule has 0 saturated carbocycles. The van der Waals surface area contributed by atoms with Gasteiger partial charge in [0.25, 0.3) is 0 Å². The Kier molecular flexibility index (Phi) is 7.03. The molecule has 2 amide bonds. The first kappa shape index (κ1) is 19.0. The molecule has 1 aromatic carbocycles. The van der Waals surface area contributed by atoms with Gasteiger partial charge in [0.1, 0.15) is 11.6 Å². The number of hydrogen-bond acceptors (Lipinski definition) is 4. The molecule has 6 nitrogen and oxygen atoms in total. The number of hydrogen-bond donors (Lipinski definition) is 2. The van der Waals surface area contributed by atoms with Gasteiger partial charge in [-0.05, 0) is 33.3 Å². The Morgan fingerprint density at radius 2 is 1.78 bits per heavy atom. The Morgan fingerprint density at radius 1 is 1.17 bits per heavy atom. The first-order valence-electron chi connectivity index (χ1n) is 7.59. The van der Waals surface area contributed by atoms with Crippen molar-refractivity contribution in [2.24, 2.45) is 0 Å². The topological polar surface area (TPSA) is 76.7 Å². The predicted molar refractivity (Wildman–Crippen MR) is 87.9 cm³/mol. The molecule has 0 unspecified atom stereocenters. The van der Waals surface area contributed by atoms with Crippen LogP contribution in [0.3, 0.4) is 0 Å². The molecule has 0 heterocycles. The van der Waals surface area contributed by atoms with Gasteiger partial charge in [-0.3, -0.25) is 4.79 Å². The van der Waals surface area contributed by atoms with Crippen LogP contribution in [0.15, 0.2) is 30.3 Å². The van der Waals surface area contributed by atoms with Crippen LogP contribution in [0.4, 0.5) is 4.79 Å². The van der Waals surface area contributed by atoms with Crippen molar-refractivity contribution in [2.75, 3.05) is 7.05 Å². The average molecular weight is 322 g/mol. The molecule has 0 fully saturated rings. The molecule has 0 aromatic heterocycles. The number of nitrogens with one attached hydrogen (secondary N) is 2. The van der Waals surface area contributed by atoms with Crippen molar-refractivity contribution in [3.05, 3.63) is 35.9 Å². The second-order valence-corrected chi connectivity index (χ2v) is 6.24. The number of carbonyl (C=O) groups is 2. The van der Waals surface area contributed by atoms with E-state index in [4.69, 9.17) is 9.47 Å². The van der Waals surface area contributed by atoms with Crippen LogP contribution in [-0.4, -0.2) is 36.8 Å². The van der Waals surface area contributed by atoms with Crippen LogP contribution in [0.1, 0.15) is 33.3 Å². The third-order valence-corrected chi connectivity index (χ3v) is 3.03. The predicted octanol–water partition coefficient (Wildman–Crippen LogP) is 2.23. The third-order valence-electron chi connectivity index (χ3n) is 3.03. The van der Waals surface area contributed by atoms with E-state index < -0.39 is 23.8 Å². The molecular formula is C17H26N2O4. The number of alkyl carbamates (subject to hydrolysis) is 1. The summed E-state index contributed by atoms with van der Waals surface area (Å²) >= 11 is 0. The van der Waals surface area contributed by atoms with Crippen LogP contribution in [-0.2, 0) is 20.9 Å². The highest BCUT2D eigenvalue weighted by molar-refractivity contribution is 5.86. The highest BCUT2D eigenvalue weighted by Crippen LogP contribution is 2.10.